The Morgan fingerprint density at radius 1 is 1.00 bits per heavy atom. The van der Waals surface area contributed by atoms with Gasteiger partial charge in [0.15, 0.2) is 11.5 Å². The van der Waals surface area contributed by atoms with Crippen LogP contribution in [0, 0.1) is 5.92 Å². The SMILES string of the molecule is COc1ccccc1Oc1ccc(NC(=O)C2CCCC2)cc1. The molecule has 0 radical (unpaired) electrons. The molecule has 1 fully saturated rings. The van der Waals surface area contributed by atoms with Gasteiger partial charge in [0.05, 0.1) is 7.11 Å². The normalized spacial score (nSPS) is 14.5. The number of hydrogen-bond acceptors (Lipinski definition) is 3. The van der Waals surface area contributed by atoms with Gasteiger partial charge in [0.25, 0.3) is 0 Å². The number of methoxy groups -OCH3 is 1. The van der Waals surface area contributed by atoms with Gasteiger partial charge in [0.2, 0.25) is 5.91 Å². The fraction of sp³-hybridized carbons (Fsp3) is 0.316. The maximum Gasteiger partial charge on any atom is 0.227 e. The van der Waals surface area contributed by atoms with Crippen molar-refractivity contribution in [1.82, 2.24) is 0 Å². The number of hydrogen-bond donors (Lipinski definition) is 1. The Morgan fingerprint density at radius 3 is 2.30 bits per heavy atom. The Kier molecular flexibility index (Phi) is 4.81. The zero-order valence-corrected chi connectivity index (χ0v) is 13.2. The van der Waals surface area contributed by atoms with Gasteiger partial charge in [0.1, 0.15) is 5.75 Å². The largest absolute Gasteiger partial charge is 0.493 e. The van der Waals surface area contributed by atoms with Gasteiger partial charge < -0.3 is 14.8 Å². The van der Waals surface area contributed by atoms with Crippen LogP contribution in [-0.4, -0.2) is 13.0 Å². The highest BCUT2D eigenvalue weighted by molar-refractivity contribution is 5.92. The predicted molar refractivity (Wildman–Crippen MR) is 90.1 cm³/mol. The quantitative estimate of drug-likeness (QED) is 0.876. The average Bonchev–Trinajstić information content (AvgIpc) is 3.12. The van der Waals surface area contributed by atoms with Crippen molar-refractivity contribution in [2.24, 2.45) is 5.92 Å². The summed E-state index contributed by atoms with van der Waals surface area (Å²) in [5.74, 6) is 2.35. The van der Waals surface area contributed by atoms with E-state index in [9.17, 15) is 4.79 Å². The first-order valence-electron chi connectivity index (χ1n) is 7.98. The lowest BCUT2D eigenvalue weighted by Crippen LogP contribution is -2.20. The van der Waals surface area contributed by atoms with E-state index < -0.39 is 0 Å². The fourth-order valence-corrected chi connectivity index (χ4v) is 2.87. The number of benzene rings is 2. The van der Waals surface area contributed by atoms with Crippen molar-refractivity contribution in [3.05, 3.63) is 48.5 Å². The second-order valence-corrected chi connectivity index (χ2v) is 5.75. The van der Waals surface area contributed by atoms with Crippen molar-refractivity contribution in [3.8, 4) is 17.2 Å². The summed E-state index contributed by atoms with van der Waals surface area (Å²) >= 11 is 0. The second-order valence-electron chi connectivity index (χ2n) is 5.75. The summed E-state index contributed by atoms with van der Waals surface area (Å²) in [6.45, 7) is 0. The highest BCUT2D eigenvalue weighted by Gasteiger charge is 2.22. The number of nitrogens with one attached hydrogen (secondary N) is 1. The van der Waals surface area contributed by atoms with Crippen molar-refractivity contribution in [2.45, 2.75) is 25.7 Å². The van der Waals surface area contributed by atoms with Crippen molar-refractivity contribution < 1.29 is 14.3 Å². The molecule has 0 spiro atoms. The molecule has 1 amide bonds. The predicted octanol–water partition coefficient (Wildman–Crippen LogP) is 4.62. The first-order chi connectivity index (χ1) is 11.3. The summed E-state index contributed by atoms with van der Waals surface area (Å²) in [5.41, 5.74) is 0.800. The maximum atomic E-state index is 12.1. The summed E-state index contributed by atoms with van der Waals surface area (Å²) in [6, 6.07) is 14.9. The number of ether oxygens (including phenoxy) is 2. The summed E-state index contributed by atoms with van der Waals surface area (Å²) in [5, 5.41) is 2.98. The monoisotopic (exact) mass is 311 g/mol. The van der Waals surface area contributed by atoms with Gasteiger partial charge in [-0.15, -0.1) is 0 Å². The van der Waals surface area contributed by atoms with E-state index in [1.54, 1.807) is 7.11 Å². The van der Waals surface area contributed by atoms with E-state index in [-0.39, 0.29) is 11.8 Å². The van der Waals surface area contributed by atoms with Gasteiger partial charge in [-0.2, -0.15) is 0 Å². The molecular formula is C19H21NO3. The molecule has 0 heterocycles. The summed E-state index contributed by atoms with van der Waals surface area (Å²) in [4.78, 5) is 12.1. The zero-order chi connectivity index (χ0) is 16.1. The topological polar surface area (TPSA) is 47.6 Å². The van der Waals surface area contributed by atoms with Gasteiger partial charge in [-0.05, 0) is 49.2 Å². The fourth-order valence-electron chi connectivity index (χ4n) is 2.87. The van der Waals surface area contributed by atoms with E-state index in [1.165, 1.54) is 0 Å². The van der Waals surface area contributed by atoms with E-state index in [0.717, 1.165) is 31.4 Å². The second kappa shape index (κ2) is 7.18. The molecule has 4 heteroatoms. The van der Waals surface area contributed by atoms with Gasteiger partial charge in [-0.3, -0.25) is 4.79 Å². The average molecular weight is 311 g/mol. The number of anilines is 1. The van der Waals surface area contributed by atoms with Crippen LogP contribution in [0.2, 0.25) is 0 Å². The van der Waals surface area contributed by atoms with E-state index >= 15 is 0 Å². The molecule has 1 N–H and O–H groups in total. The van der Waals surface area contributed by atoms with Crippen LogP contribution in [0.4, 0.5) is 5.69 Å². The number of para-hydroxylation sites is 2. The lowest BCUT2D eigenvalue weighted by Gasteiger charge is -2.12. The smallest absolute Gasteiger partial charge is 0.227 e. The van der Waals surface area contributed by atoms with Crippen LogP contribution >= 0.6 is 0 Å². The van der Waals surface area contributed by atoms with Gasteiger partial charge in [0, 0.05) is 11.6 Å². The minimum absolute atomic E-state index is 0.126. The molecule has 1 saturated carbocycles. The van der Waals surface area contributed by atoms with E-state index in [2.05, 4.69) is 5.32 Å². The van der Waals surface area contributed by atoms with Gasteiger partial charge in [-0.1, -0.05) is 25.0 Å². The molecule has 0 aliphatic heterocycles. The third kappa shape index (κ3) is 3.83. The molecule has 0 atom stereocenters. The molecule has 120 valence electrons. The van der Waals surface area contributed by atoms with Crippen LogP contribution in [-0.2, 0) is 4.79 Å². The zero-order valence-electron chi connectivity index (χ0n) is 13.2. The molecule has 1 aliphatic rings. The maximum absolute atomic E-state index is 12.1. The van der Waals surface area contributed by atoms with Crippen molar-refractivity contribution >= 4 is 11.6 Å². The van der Waals surface area contributed by atoms with E-state index in [0.29, 0.717) is 17.2 Å². The van der Waals surface area contributed by atoms with Crippen molar-refractivity contribution in [2.75, 3.05) is 12.4 Å². The Bertz CT molecular complexity index is 661. The minimum atomic E-state index is 0.126. The van der Waals surface area contributed by atoms with Crippen LogP contribution < -0.4 is 14.8 Å². The molecule has 3 rings (SSSR count). The van der Waals surface area contributed by atoms with E-state index in [4.69, 9.17) is 9.47 Å². The summed E-state index contributed by atoms with van der Waals surface area (Å²) in [6.07, 6.45) is 4.31. The van der Waals surface area contributed by atoms with Gasteiger partial charge in [-0.25, -0.2) is 0 Å². The summed E-state index contributed by atoms with van der Waals surface area (Å²) in [7, 11) is 1.61. The number of amides is 1. The standard InChI is InChI=1S/C19H21NO3/c1-22-17-8-4-5-9-18(17)23-16-12-10-15(11-13-16)20-19(21)14-6-2-3-7-14/h4-5,8-14H,2-3,6-7H2,1H3,(H,20,21). The molecule has 0 unspecified atom stereocenters. The van der Waals surface area contributed by atoms with Crippen LogP contribution in [0.15, 0.2) is 48.5 Å². The van der Waals surface area contributed by atoms with Crippen LogP contribution in [0.3, 0.4) is 0 Å². The molecule has 0 bridgehead atoms. The van der Waals surface area contributed by atoms with E-state index in [1.807, 2.05) is 48.5 Å². The molecule has 4 nitrogen and oxygen atoms in total. The Morgan fingerprint density at radius 2 is 1.65 bits per heavy atom. The molecular weight excluding hydrogens is 290 g/mol. The molecule has 0 saturated heterocycles. The molecule has 2 aromatic rings. The lowest BCUT2D eigenvalue weighted by molar-refractivity contribution is -0.119. The van der Waals surface area contributed by atoms with Crippen LogP contribution in [0.5, 0.6) is 17.2 Å². The number of carbonyl (C=O) groups is 1. The highest BCUT2D eigenvalue weighted by Crippen LogP contribution is 2.31. The van der Waals surface area contributed by atoms with Crippen molar-refractivity contribution in [3.63, 3.8) is 0 Å². The molecule has 1 aliphatic carbocycles. The first kappa shape index (κ1) is 15.4. The minimum Gasteiger partial charge on any atom is -0.493 e. The highest BCUT2D eigenvalue weighted by atomic mass is 16.5. The summed E-state index contributed by atoms with van der Waals surface area (Å²) < 4.78 is 11.1. The molecule has 2 aromatic carbocycles. The number of rotatable bonds is 5. The third-order valence-electron chi connectivity index (χ3n) is 4.14. The Labute approximate surface area is 136 Å². The molecule has 0 aromatic heterocycles. The first-order valence-corrected chi connectivity index (χ1v) is 7.98. The lowest BCUT2D eigenvalue weighted by atomic mass is 10.1. The van der Waals surface area contributed by atoms with Crippen LogP contribution in [0.25, 0.3) is 0 Å². The van der Waals surface area contributed by atoms with Crippen molar-refractivity contribution in [1.29, 1.82) is 0 Å². The Hall–Kier alpha value is -2.49. The third-order valence-corrected chi connectivity index (χ3v) is 4.14. The number of carbonyl (C=O) groups excluding carboxylic acids is 1. The van der Waals surface area contributed by atoms with Gasteiger partial charge >= 0.3 is 0 Å². The van der Waals surface area contributed by atoms with Crippen LogP contribution in [0.1, 0.15) is 25.7 Å². The Balaban J connectivity index is 1.63. The molecule has 23 heavy (non-hydrogen) atoms.